The van der Waals surface area contributed by atoms with Crippen LogP contribution in [0.5, 0.6) is 0 Å². The number of pyridine rings is 1. The molecule has 22 heavy (non-hydrogen) atoms. The molecule has 4 nitrogen and oxygen atoms in total. The van der Waals surface area contributed by atoms with Gasteiger partial charge in [-0.1, -0.05) is 26.8 Å². The van der Waals surface area contributed by atoms with Gasteiger partial charge in [-0.3, -0.25) is 4.79 Å². The van der Waals surface area contributed by atoms with Crippen molar-refractivity contribution in [3.8, 4) is 0 Å². The van der Waals surface area contributed by atoms with Crippen molar-refractivity contribution in [1.29, 1.82) is 0 Å². The monoisotopic (exact) mass is 297 g/mol. The van der Waals surface area contributed by atoms with E-state index >= 15 is 0 Å². The molecular weight excluding hydrogens is 272 g/mol. The molecule has 0 aromatic carbocycles. The van der Waals surface area contributed by atoms with Crippen LogP contribution in [0, 0.1) is 5.92 Å². The van der Waals surface area contributed by atoms with Crippen LogP contribution >= 0.6 is 0 Å². The van der Waals surface area contributed by atoms with E-state index in [1.807, 2.05) is 25.7 Å². The minimum absolute atomic E-state index is 0.123. The van der Waals surface area contributed by atoms with Crippen molar-refractivity contribution in [3.63, 3.8) is 0 Å². The molecule has 1 aliphatic heterocycles. The van der Waals surface area contributed by atoms with Crippen LogP contribution in [0.4, 0.5) is 0 Å². The van der Waals surface area contributed by atoms with Gasteiger partial charge in [0.05, 0.1) is 15.7 Å². The van der Waals surface area contributed by atoms with Crippen molar-refractivity contribution in [2.75, 3.05) is 26.7 Å². The summed E-state index contributed by atoms with van der Waals surface area (Å²) in [5, 5.41) is -1.12. The zero-order valence-corrected chi connectivity index (χ0v) is 14.3. The van der Waals surface area contributed by atoms with E-state index in [-0.39, 0.29) is 5.91 Å². The van der Waals surface area contributed by atoms with E-state index in [0.717, 1.165) is 13.1 Å². The molecule has 0 saturated carbocycles. The molecule has 1 saturated heterocycles. The first-order valence-corrected chi connectivity index (χ1v) is 7.92. The van der Waals surface area contributed by atoms with E-state index in [1.165, 1.54) is 0 Å². The largest absolute Gasteiger partial charge is 0.341 e. The SMILES string of the molecule is CC.[B]C([B])(c1cccc(C(=O)N(C)CC)n1)N1CC(C)C1. The van der Waals surface area contributed by atoms with Crippen LogP contribution < -0.4 is 0 Å². The highest BCUT2D eigenvalue weighted by Crippen LogP contribution is 2.28. The summed E-state index contributed by atoms with van der Waals surface area (Å²) in [7, 11) is 14.1. The number of hydrogen-bond acceptors (Lipinski definition) is 3. The molecule has 1 aromatic heterocycles. The third-order valence-corrected chi connectivity index (χ3v) is 3.79. The fourth-order valence-corrected chi connectivity index (χ4v) is 2.28. The van der Waals surface area contributed by atoms with Gasteiger partial charge in [-0.05, 0) is 30.3 Å². The van der Waals surface area contributed by atoms with E-state index < -0.39 is 5.34 Å². The zero-order chi connectivity index (χ0) is 16.9. The van der Waals surface area contributed by atoms with Crippen molar-refractivity contribution in [2.45, 2.75) is 33.0 Å². The number of carbonyl (C=O) groups excluding carboxylic acids is 1. The van der Waals surface area contributed by atoms with Crippen LogP contribution in [0.3, 0.4) is 0 Å². The minimum Gasteiger partial charge on any atom is -0.341 e. The van der Waals surface area contributed by atoms with Crippen LogP contribution in [-0.2, 0) is 5.34 Å². The normalized spacial score (nSPS) is 15.5. The number of nitrogens with zero attached hydrogens (tertiary/aromatic N) is 3. The van der Waals surface area contributed by atoms with Gasteiger partial charge in [0.25, 0.3) is 5.91 Å². The fourth-order valence-electron chi connectivity index (χ4n) is 2.28. The molecule has 0 bridgehead atoms. The average Bonchev–Trinajstić information content (AvgIpc) is 2.52. The summed E-state index contributed by atoms with van der Waals surface area (Å²) in [6.45, 7) is 10.4. The average molecular weight is 297 g/mol. The molecule has 1 aromatic rings. The first kappa shape index (κ1) is 18.8. The van der Waals surface area contributed by atoms with Gasteiger partial charge in [-0.25, -0.2) is 4.98 Å². The summed E-state index contributed by atoms with van der Waals surface area (Å²) in [6, 6.07) is 5.23. The maximum absolute atomic E-state index is 12.1. The van der Waals surface area contributed by atoms with Gasteiger partial charge >= 0.3 is 0 Å². The highest BCUT2D eigenvalue weighted by atomic mass is 16.2. The Morgan fingerprint density at radius 2 is 2.00 bits per heavy atom. The van der Waals surface area contributed by atoms with Crippen molar-refractivity contribution < 1.29 is 4.79 Å². The summed E-state index contributed by atoms with van der Waals surface area (Å²) >= 11 is 0. The molecule has 1 aliphatic rings. The van der Waals surface area contributed by atoms with Crippen molar-refractivity contribution in [3.05, 3.63) is 29.6 Å². The summed E-state index contributed by atoms with van der Waals surface area (Å²) in [5.74, 6) is 0.472. The lowest BCUT2D eigenvalue weighted by Gasteiger charge is -2.49. The number of amides is 1. The molecule has 4 radical (unpaired) electrons. The van der Waals surface area contributed by atoms with Crippen LogP contribution in [0.25, 0.3) is 0 Å². The second-order valence-electron chi connectivity index (χ2n) is 5.56. The van der Waals surface area contributed by atoms with Gasteiger partial charge < -0.3 is 9.80 Å². The van der Waals surface area contributed by atoms with E-state index in [0.29, 0.717) is 23.9 Å². The third-order valence-electron chi connectivity index (χ3n) is 3.79. The van der Waals surface area contributed by atoms with Crippen LogP contribution in [0.2, 0.25) is 0 Å². The van der Waals surface area contributed by atoms with E-state index in [1.54, 1.807) is 30.1 Å². The van der Waals surface area contributed by atoms with Gasteiger partial charge in [-0.15, -0.1) is 0 Å². The molecule has 0 atom stereocenters. The molecule has 2 rings (SSSR count). The standard InChI is InChI=1S/C14H19B2N3O.C2H6/c1-4-18(3)13(20)11-6-5-7-12(17-11)14(15,16)19-8-10(2)9-19;1-2/h5-7,10H,4,8-9H2,1-3H3;1-2H3. The second kappa shape index (κ2) is 7.82. The zero-order valence-electron chi connectivity index (χ0n) is 14.3. The molecule has 0 aliphatic carbocycles. The van der Waals surface area contributed by atoms with Gasteiger partial charge in [-0.2, -0.15) is 0 Å². The molecule has 0 spiro atoms. The lowest BCUT2D eigenvalue weighted by molar-refractivity contribution is 0.0737. The predicted octanol–water partition coefficient (Wildman–Crippen LogP) is 1.60. The summed E-state index contributed by atoms with van der Waals surface area (Å²) in [5.41, 5.74) is 0.903. The van der Waals surface area contributed by atoms with Crippen molar-refractivity contribution in [2.24, 2.45) is 5.92 Å². The van der Waals surface area contributed by atoms with Crippen molar-refractivity contribution >= 4 is 21.6 Å². The third kappa shape index (κ3) is 3.92. The molecule has 2 heterocycles. The van der Waals surface area contributed by atoms with Crippen LogP contribution in [-0.4, -0.2) is 63.1 Å². The van der Waals surface area contributed by atoms with Crippen LogP contribution in [0.15, 0.2) is 18.2 Å². The quantitative estimate of drug-likeness (QED) is 0.792. The maximum Gasteiger partial charge on any atom is 0.272 e. The smallest absolute Gasteiger partial charge is 0.272 e. The second-order valence-corrected chi connectivity index (χ2v) is 5.56. The first-order chi connectivity index (χ1) is 10.4. The van der Waals surface area contributed by atoms with Gasteiger partial charge in [0.15, 0.2) is 0 Å². The minimum atomic E-state index is -1.12. The van der Waals surface area contributed by atoms with Crippen molar-refractivity contribution in [1.82, 2.24) is 14.8 Å². The van der Waals surface area contributed by atoms with Gasteiger partial charge in [0.2, 0.25) is 0 Å². The molecule has 0 N–H and O–H groups in total. The van der Waals surface area contributed by atoms with Gasteiger partial charge in [0, 0.05) is 32.4 Å². The summed E-state index contributed by atoms with van der Waals surface area (Å²) in [4.78, 5) is 20.1. The Balaban J connectivity index is 0.00000116. The Morgan fingerprint density at radius 1 is 1.41 bits per heavy atom. The van der Waals surface area contributed by atoms with Crippen LogP contribution in [0.1, 0.15) is 43.9 Å². The number of carbonyl (C=O) groups is 1. The Kier molecular flexibility index (Phi) is 6.66. The Labute approximate surface area is 137 Å². The van der Waals surface area contributed by atoms with E-state index in [9.17, 15) is 4.79 Å². The number of rotatable bonds is 4. The Morgan fingerprint density at radius 3 is 2.50 bits per heavy atom. The maximum atomic E-state index is 12.1. The number of hydrogen-bond donors (Lipinski definition) is 0. The van der Waals surface area contributed by atoms with Gasteiger partial charge in [0.1, 0.15) is 5.69 Å². The van der Waals surface area contributed by atoms with E-state index in [4.69, 9.17) is 15.7 Å². The Bertz CT molecular complexity index is 502. The number of aromatic nitrogens is 1. The molecule has 0 unspecified atom stereocenters. The predicted molar refractivity (Wildman–Crippen MR) is 92.1 cm³/mol. The topological polar surface area (TPSA) is 36.4 Å². The van der Waals surface area contributed by atoms with E-state index in [2.05, 4.69) is 11.9 Å². The lowest BCUT2D eigenvalue weighted by atomic mass is 9.57. The summed E-state index contributed by atoms with van der Waals surface area (Å²) < 4.78 is 0. The lowest BCUT2D eigenvalue weighted by Crippen LogP contribution is -2.58. The summed E-state index contributed by atoms with van der Waals surface area (Å²) in [6.07, 6.45) is 0. The Hall–Kier alpha value is -1.29. The highest BCUT2D eigenvalue weighted by Gasteiger charge is 2.36. The highest BCUT2D eigenvalue weighted by molar-refractivity contribution is 6.39. The molecule has 1 amide bonds. The molecule has 6 heteroatoms. The fraction of sp³-hybridized carbons (Fsp3) is 0.625. The molecule has 1 fully saturated rings. The first-order valence-electron chi connectivity index (χ1n) is 7.92. The molecular formula is C16H25B2N3O. The number of likely N-dealkylation sites (tertiary alicyclic amines) is 1. The molecule has 116 valence electrons.